The molecule has 0 spiro atoms. The normalized spacial score (nSPS) is 9.75. The van der Waals surface area contributed by atoms with E-state index in [1.807, 2.05) is 8.93 Å². The summed E-state index contributed by atoms with van der Waals surface area (Å²) in [7, 11) is 7.39. The van der Waals surface area contributed by atoms with E-state index in [1.54, 1.807) is 0 Å². The summed E-state index contributed by atoms with van der Waals surface area (Å²) >= 11 is 0. The SMILES string of the molecule is PP(P)[PH3+]. The molecule has 4 heavy (non-hydrogen) atoms. The zero-order valence-electron chi connectivity index (χ0n) is 2.31. The van der Waals surface area contributed by atoms with Gasteiger partial charge < -0.3 is 0 Å². The van der Waals surface area contributed by atoms with E-state index in [0.717, 1.165) is 0 Å². The number of rotatable bonds is 0. The van der Waals surface area contributed by atoms with Crippen molar-refractivity contribution in [3.63, 3.8) is 0 Å². The summed E-state index contributed by atoms with van der Waals surface area (Å²) in [6.07, 6.45) is 0. The van der Waals surface area contributed by atoms with Crippen LogP contribution < -0.4 is 0 Å². The maximum Gasteiger partial charge on any atom is 0.0809 e. The van der Waals surface area contributed by atoms with E-state index in [4.69, 9.17) is 0 Å². The molecule has 0 nitrogen and oxygen atoms in total. The van der Waals surface area contributed by atoms with Crippen LogP contribution in [0.3, 0.4) is 0 Å². The van der Waals surface area contributed by atoms with Gasteiger partial charge in [-0.05, 0) is 8.93 Å². The van der Waals surface area contributed by atoms with Gasteiger partial charge in [0.05, 0.1) is 6.99 Å². The van der Waals surface area contributed by atoms with Gasteiger partial charge in [0, 0.05) is 0 Å². The highest BCUT2D eigenvalue weighted by Gasteiger charge is 1.75. The first kappa shape index (κ1) is 5.72. The molecule has 0 N–H and O–H groups in total. The number of hydrogen-bond donors (Lipinski definition) is 0. The third-order valence-electron chi connectivity index (χ3n) is 0. The Balaban J connectivity index is 2.32. The Kier molecular flexibility index (Phi) is 4.19. The van der Waals surface area contributed by atoms with Gasteiger partial charge in [0.1, 0.15) is 0 Å². The molecule has 3 atom stereocenters. The average molecular weight is 131 g/mol. The highest BCUT2D eigenvalue weighted by atomic mass is 32.7. The minimum atomic E-state index is 0.241. The fourth-order valence-corrected chi connectivity index (χ4v) is 0. The maximum atomic E-state index is 2.70. The van der Waals surface area contributed by atoms with Crippen molar-refractivity contribution in [3.05, 3.63) is 0 Å². The minimum Gasteiger partial charge on any atom is -0.0660 e. The Bertz CT molecular complexity index is 4.75. The van der Waals surface area contributed by atoms with Crippen LogP contribution in [0.25, 0.3) is 0 Å². The summed E-state index contributed by atoms with van der Waals surface area (Å²) in [5, 5.41) is 0. The second-order valence-corrected chi connectivity index (χ2v) is 13.9. The quantitative estimate of drug-likeness (QED) is 0.437. The van der Waals surface area contributed by atoms with Crippen LogP contribution in [0.15, 0.2) is 0 Å². The Morgan fingerprint density at radius 3 is 1.50 bits per heavy atom. The molecule has 0 aliphatic heterocycles. The fraction of sp³-hybridized carbons (Fsp3) is 0. The molecule has 0 rings (SSSR count). The number of hydrogen-bond acceptors (Lipinski definition) is 0. The third kappa shape index (κ3) is 9.30. The summed E-state index contributed by atoms with van der Waals surface area (Å²) in [6, 6.07) is 0. The molecule has 0 bridgehead atoms. The van der Waals surface area contributed by atoms with Crippen molar-refractivity contribution in [3.8, 4) is 0 Å². The zero-order valence-corrected chi connectivity index (χ0v) is 6.93. The van der Waals surface area contributed by atoms with Gasteiger partial charge in [-0.25, -0.2) is 0 Å². The third-order valence-corrected chi connectivity index (χ3v) is 0. The molecule has 0 amide bonds. The smallest absolute Gasteiger partial charge is 0.0660 e. The standard InChI is InChI=1S/H6P4/c1-4(2)3/h1-3H2/p+1. The molecule has 0 heterocycles. The second-order valence-electron chi connectivity index (χ2n) is 0.514. The van der Waals surface area contributed by atoms with Crippen LogP contribution in [-0.2, 0) is 0 Å². The van der Waals surface area contributed by atoms with Gasteiger partial charge in [-0.1, -0.05) is 17.9 Å². The van der Waals surface area contributed by atoms with E-state index in [0.29, 0.717) is 0 Å². The van der Waals surface area contributed by atoms with Crippen molar-refractivity contribution in [2.45, 2.75) is 0 Å². The molecule has 0 aromatic rings. The van der Waals surface area contributed by atoms with Crippen LogP contribution in [-0.4, -0.2) is 0 Å². The predicted octanol–water partition coefficient (Wildman–Crippen LogP) is 1.57. The lowest BCUT2D eigenvalue weighted by atomic mass is 29.2. The molecule has 0 aromatic carbocycles. The van der Waals surface area contributed by atoms with Gasteiger partial charge in [0.15, 0.2) is 0 Å². The van der Waals surface area contributed by atoms with Crippen LogP contribution in [0, 0.1) is 0 Å². The zero-order chi connectivity index (χ0) is 3.58. The lowest BCUT2D eigenvalue weighted by Crippen LogP contribution is -0.870. The van der Waals surface area contributed by atoms with Crippen molar-refractivity contribution in [2.75, 3.05) is 0 Å². The van der Waals surface area contributed by atoms with E-state index >= 15 is 0 Å². The van der Waals surface area contributed by atoms with Gasteiger partial charge in [0.2, 0.25) is 0 Å². The monoisotopic (exact) mass is 131 g/mol. The molecular weight excluding hydrogens is 124 g/mol. The van der Waals surface area contributed by atoms with Crippen molar-refractivity contribution in [2.24, 2.45) is 0 Å². The summed E-state index contributed by atoms with van der Waals surface area (Å²) in [5.74, 6) is 0. The van der Waals surface area contributed by atoms with Crippen LogP contribution in [0.2, 0.25) is 0 Å². The van der Waals surface area contributed by atoms with Crippen molar-refractivity contribution < 1.29 is 0 Å². The molecule has 26 valence electrons. The summed E-state index contributed by atoms with van der Waals surface area (Å²) < 4.78 is 0. The van der Waals surface area contributed by atoms with E-state index < -0.39 is 0 Å². The molecule has 0 fully saturated rings. The van der Waals surface area contributed by atoms with E-state index in [1.165, 1.54) is 0 Å². The van der Waals surface area contributed by atoms with Gasteiger partial charge in [-0.2, -0.15) is 0 Å². The Morgan fingerprint density at radius 2 is 1.50 bits per heavy atom. The molecule has 0 aromatic heterocycles. The summed E-state index contributed by atoms with van der Waals surface area (Å²) in [5.41, 5.74) is 0. The minimum absolute atomic E-state index is 0.241. The van der Waals surface area contributed by atoms with Crippen LogP contribution >= 0.6 is 33.8 Å². The molecule has 0 saturated heterocycles. The Hall–Kier alpha value is 1.72. The Labute approximate surface area is 34.5 Å². The van der Waals surface area contributed by atoms with Crippen LogP contribution in [0.1, 0.15) is 0 Å². The maximum absolute atomic E-state index is 2.70. The van der Waals surface area contributed by atoms with E-state index in [2.05, 4.69) is 17.9 Å². The average Bonchev–Trinajstić information content (AvgIpc) is 0.811. The van der Waals surface area contributed by atoms with Gasteiger partial charge in [-0.15, -0.1) is 0 Å². The van der Waals surface area contributed by atoms with Gasteiger partial charge in [0.25, 0.3) is 0 Å². The van der Waals surface area contributed by atoms with E-state index in [-0.39, 0.29) is 6.99 Å². The summed E-state index contributed by atoms with van der Waals surface area (Å²) in [6.45, 7) is 0.241. The topological polar surface area (TPSA) is 0 Å². The van der Waals surface area contributed by atoms with Gasteiger partial charge >= 0.3 is 0 Å². The largest absolute Gasteiger partial charge is 0.0809 e. The predicted molar refractivity (Wildman–Crippen MR) is 37.4 cm³/mol. The lowest BCUT2D eigenvalue weighted by Gasteiger charge is -1.71. The van der Waals surface area contributed by atoms with Crippen LogP contribution in [0.5, 0.6) is 0 Å². The molecule has 0 radical (unpaired) electrons. The van der Waals surface area contributed by atoms with Crippen LogP contribution in [0.4, 0.5) is 0 Å². The molecular formula is H7P4+. The van der Waals surface area contributed by atoms with Crippen molar-refractivity contribution in [1.29, 1.82) is 0 Å². The first-order valence-corrected chi connectivity index (χ1v) is 7.49. The van der Waals surface area contributed by atoms with Crippen molar-refractivity contribution in [1.82, 2.24) is 0 Å². The lowest BCUT2D eigenvalue weighted by molar-refractivity contribution is 5.19. The first-order valence-electron chi connectivity index (χ1n) is 0.833. The molecule has 3 unspecified atom stereocenters. The molecule has 0 aliphatic rings. The van der Waals surface area contributed by atoms with Gasteiger partial charge in [-0.3, -0.25) is 0 Å². The first-order chi connectivity index (χ1) is 1.73. The second kappa shape index (κ2) is 2.93. The molecule has 0 saturated carbocycles. The molecule has 0 aliphatic carbocycles. The highest BCUT2D eigenvalue weighted by Crippen LogP contribution is 2.59. The highest BCUT2D eigenvalue weighted by molar-refractivity contribution is 8.65. The van der Waals surface area contributed by atoms with Crippen molar-refractivity contribution >= 4 is 33.8 Å². The summed E-state index contributed by atoms with van der Waals surface area (Å²) in [4.78, 5) is 0. The Morgan fingerprint density at radius 1 is 1.50 bits per heavy atom. The fourth-order valence-electron chi connectivity index (χ4n) is 0. The van der Waals surface area contributed by atoms with E-state index in [9.17, 15) is 0 Å². The molecule has 4 heteroatoms.